The zero-order valence-corrected chi connectivity index (χ0v) is 36.3. The number of hydrogen-bond donors (Lipinski definition) is 0. The van der Waals surface area contributed by atoms with Gasteiger partial charge in [-0.2, -0.15) is 0 Å². The average Bonchev–Trinajstić information content (AvgIpc) is 3.91. The third-order valence-electron chi connectivity index (χ3n) is 14.4. The first-order valence-electron chi connectivity index (χ1n) is 23.1. The molecule has 2 aromatic heterocycles. The van der Waals surface area contributed by atoms with Crippen LogP contribution in [0.2, 0.25) is 0 Å². The van der Waals surface area contributed by atoms with Crippen LogP contribution in [0, 0.1) is 0 Å². The second kappa shape index (κ2) is 15.0. The van der Waals surface area contributed by atoms with E-state index >= 15 is 0 Å². The molecule has 0 saturated carbocycles. The zero-order valence-electron chi connectivity index (χ0n) is 35.5. The Labute approximate surface area is 373 Å². The highest BCUT2D eigenvalue weighted by Gasteiger charge is 2.30. The van der Waals surface area contributed by atoms with Crippen LogP contribution in [0.15, 0.2) is 169 Å². The number of nitrogens with zero attached hydrogens (tertiary/aromatic N) is 2. The van der Waals surface area contributed by atoms with Gasteiger partial charge in [-0.25, -0.2) is 0 Å². The van der Waals surface area contributed by atoms with Crippen LogP contribution >= 0.6 is 11.3 Å². The first kappa shape index (κ1) is 36.9. The van der Waals surface area contributed by atoms with Crippen LogP contribution in [0.1, 0.15) is 76.9 Å². The highest BCUT2D eigenvalue weighted by Crippen LogP contribution is 2.49. The number of allylic oxidation sites excluding steroid dienone is 9. The summed E-state index contributed by atoms with van der Waals surface area (Å²) < 4.78 is 4.06. The van der Waals surface area contributed by atoms with E-state index in [4.69, 9.17) is 0 Å². The summed E-state index contributed by atoms with van der Waals surface area (Å²) in [5, 5.41) is 8.26. The fourth-order valence-corrected chi connectivity index (χ4v) is 12.9. The quantitative estimate of drug-likeness (QED) is 0.152. The van der Waals surface area contributed by atoms with Crippen LogP contribution in [-0.4, -0.2) is 10.6 Å². The predicted octanol–water partition coefficient (Wildman–Crippen LogP) is 16.2. The van der Waals surface area contributed by atoms with Crippen molar-refractivity contribution in [2.45, 2.75) is 63.8 Å². The second-order valence-corrected chi connectivity index (χ2v) is 18.9. The average molecular weight is 829 g/mol. The molecule has 1 unspecified atom stereocenters. The van der Waals surface area contributed by atoms with Crippen molar-refractivity contribution in [1.82, 2.24) is 4.57 Å². The minimum atomic E-state index is 0.143. The Bertz CT molecular complexity index is 3430. The van der Waals surface area contributed by atoms with E-state index < -0.39 is 0 Å². The summed E-state index contributed by atoms with van der Waals surface area (Å²) in [4.78, 5) is 4.02. The Morgan fingerprint density at radius 2 is 1.32 bits per heavy atom. The van der Waals surface area contributed by atoms with Crippen molar-refractivity contribution in [3.63, 3.8) is 0 Å². The molecule has 0 bridgehead atoms. The predicted molar refractivity (Wildman–Crippen MR) is 272 cm³/mol. The summed E-state index contributed by atoms with van der Waals surface area (Å²) in [7, 11) is 0. The highest BCUT2D eigenvalue weighted by molar-refractivity contribution is 7.20. The van der Waals surface area contributed by atoms with E-state index in [9.17, 15) is 0 Å². The van der Waals surface area contributed by atoms with Crippen LogP contribution in [0.5, 0.6) is 0 Å². The standard InChI is InChI=1S/C60H48N2S/c1-2-16-40(17-3-1)61(42-36-37-47-45-20-5-4-18-43(45)44-19-6-7-21-46(44)53(47)38-42)41-34-32-39(33-35-41)59-50(51-26-15-31-58-60(51)52-24-10-13-30-57(52)63-58)25-14-29-56(59)62-54-27-11-8-22-48(54)49-23-9-12-28-55(49)62/h1-5,7-9,11,13,15-18,20-23,26-27,29-34,36-38,41H,6,10,12,14,19,24-25,28,35H2. The maximum Gasteiger partial charge on any atom is 0.0560 e. The minimum Gasteiger partial charge on any atom is -0.334 e. The number of benzene rings is 6. The molecule has 3 heteroatoms. The smallest absolute Gasteiger partial charge is 0.0560 e. The zero-order chi connectivity index (χ0) is 41.4. The number of thiophene rings is 1. The molecule has 6 aromatic carbocycles. The van der Waals surface area contributed by atoms with Gasteiger partial charge in [0.2, 0.25) is 0 Å². The summed E-state index contributed by atoms with van der Waals surface area (Å²) in [5.74, 6) is 0. The Morgan fingerprint density at radius 1 is 0.556 bits per heavy atom. The highest BCUT2D eigenvalue weighted by atomic mass is 32.1. The normalized spacial score (nSPS) is 17.9. The van der Waals surface area contributed by atoms with Gasteiger partial charge in [-0.05, 0) is 155 Å². The fourth-order valence-electron chi connectivity index (χ4n) is 11.7. The molecule has 0 N–H and O–H groups in total. The number of hydrogen-bond acceptors (Lipinski definition) is 2. The van der Waals surface area contributed by atoms with E-state index in [1.807, 2.05) is 11.3 Å². The van der Waals surface area contributed by atoms with Gasteiger partial charge in [0.25, 0.3) is 0 Å². The van der Waals surface area contributed by atoms with Crippen LogP contribution < -0.4 is 4.90 Å². The lowest BCUT2D eigenvalue weighted by molar-refractivity contribution is 0.780. The summed E-state index contributed by atoms with van der Waals surface area (Å²) in [6.45, 7) is 0. The van der Waals surface area contributed by atoms with Gasteiger partial charge in [0.1, 0.15) is 0 Å². The molecule has 5 aliphatic rings. The van der Waals surface area contributed by atoms with Crippen molar-refractivity contribution in [3.05, 3.63) is 207 Å². The Morgan fingerprint density at radius 3 is 2.19 bits per heavy atom. The van der Waals surface area contributed by atoms with Crippen LogP contribution in [0.25, 0.3) is 72.0 Å². The van der Waals surface area contributed by atoms with Crippen LogP contribution in [0.3, 0.4) is 0 Å². The topological polar surface area (TPSA) is 8.17 Å². The van der Waals surface area contributed by atoms with E-state index in [0.717, 1.165) is 57.8 Å². The van der Waals surface area contributed by atoms with Gasteiger partial charge in [0.15, 0.2) is 0 Å². The SMILES string of the molecule is C1=Cc2c(c3ccccc3c3ccc(N(c4ccccc4)C4C=CC(C5=C(c6cccc7sc8c(c67)CCC=C8)CCC=C5n5c6c(c7ccccc75)C=CCC6)=CC4)cc23)CC1. The Kier molecular flexibility index (Phi) is 8.79. The van der Waals surface area contributed by atoms with Gasteiger partial charge in [0, 0.05) is 54.3 Å². The third-order valence-corrected chi connectivity index (χ3v) is 15.6. The lowest BCUT2D eigenvalue weighted by Gasteiger charge is -2.35. The van der Waals surface area contributed by atoms with Crippen molar-refractivity contribution in [3.8, 4) is 0 Å². The van der Waals surface area contributed by atoms with Crippen molar-refractivity contribution in [2.24, 2.45) is 0 Å². The second-order valence-electron chi connectivity index (χ2n) is 17.8. The summed E-state index contributed by atoms with van der Waals surface area (Å²) in [6, 6.07) is 43.6. The molecule has 0 spiro atoms. The molecule has 0 saturated heterocycles. The number of fused-ring (bicyclic) bond motifs is 12. The molecule has 0 fully saturated rings. The van der Waals surface area contributed by atoms with E-state index in [1.165, 1.54) is 115 Å². The number of aromatic nitrogens is 1. The van der Waals surface area contributed by atoms with Crippen molar-refractivity contribution in [2.75, 3.05) is 4.90 Å². The number of aryl methyl sites for hydroxylation is 2. The lowest BCUT2D eigenvalue weighted by atomic mass is 9.81. The Balaban J connectivity index is 0.976. The summed E-state index contributed by atoms with van der Waals surface area (Å²) >= 11 is 1.97. The van der Waals surface area contributed by atoms with Crippen LogP contribution in [0.4, 0.5) is 11.4 Å². The minimum absolute atomic E-state index is 0.143. The molecule has 2 heterocycles. The molecule has 8 aromatic rings. The first-order chi connectivity index (χ1) is 31.3. The van der Waals surface area contributed by atoms with Crippen molar-refractivity contribution < 1.29 is 0 Å². The molecule has 0 radical (unpaired) electrons. The largest absolute Gasteiger partial charge is 0.334 e. The van der Waals surface area contributed by atoms with Crippen molar-refractivity contribution >= 4 is 94.7 Å². The monoisotopic (exact) mass is 828 g/mol. The number of para-hydroxylation sites is 2. The van der Waals surface area contributed by atoms with Gasteiger partial charge < -0.3 is 9.47 Å². The van der Waals surface area contributed by atoms with Gasteiger partial charge in [-0.15, -0.1) is 11.3 Å². The molecule has 2 nitrogen and oxygen atoms in total. The first-order valence-corrected chi connectivity index (χ1v) is 23.9. The van der Waals surface area contributed by atoms with Gasteiger partial charge in [-0.1, -0.05) is 134 Å². The van der Waals surface area contributed by atoms with E-state index in [0.29, 0.717) is 0 Å². The molecule has 13 rings (SSSR count). The van der Waals surface area contributed by atoms with Crippen molar-refractivity contribution in [1.29, 1.82) is 0 Å². The molecular weight excluding hydrogens is 781 g/mol. The van der Waals surface area contributed by atoms with E-state index in [1.54, 1.807) is 0 Å². The summed E-state index contributed by atoms with van der Waals surface area (Å²) in [5.41, 5.74) is 18.0. The van der Waals surface area contributed by atoms with E-state index in [2.05, 4.69) is 185 Å². The van der Waals surface area contributed by atoms with Gasteiger partial charge in [-0.3, -0.25) is 0 Å². The number of rotatable bonds is 6. The molecule has 63 heavy (non-hydrogen) atoms. The number of anilines is 2. The molecular formula is C60H48N2S. The maximum absolute atomic E-state index is 2.65. The molecule has 5 aliphatic carbocycles. The van der Waals surface area contributed by atoms with E-state index in [-0.39, 0.29) is 6.04 Å². The summed E-state index contributed by atoms with van der Waals surface area (Å²) in [6.07, 6.45) is 33.8. The lowest BCUT2D eigenvalue weighted by Crippen LogP contribution is -2.30. The molecule has 0 amide bonds. The fraction of sp³-hybridized carbons (Fsp3) is 0.167. The molecule has 1 atom stereocenters. The van der Waals surface area contributed by atoms with Crippen LogP contribution in [-0.2, 0) is 19.3 Å². The Hall–Kier alpha value is -6.68. The molecule has 0 aliphatic heterocycles. The third kappa shape index (κ3) is 5.90. The maximum atomic E-state index is 2.65. The van der Waals surface area contributed by atoms with Gasteiger partial charge >= 0.3 is 0 Å². The van der Waals surface area contributed by atoms with Gasteiger partial charge in [0.05, 0.1) is 11.6 Å². The molecule has 304 valence electrons.